The Hall–Kier alpha value is -5.77. The summed E-state index contributed by atoms with van der Waals surface area (Å²) in [5, 5.41) is 40.5. The smallest absolute Gasteiger partial charge is 0.326 e. The summed E-state index contributed by atoms with van der Waals surface area (Å²) in [5.41, 5.74) is 21.8. The van der Waals surface area contributed by atoms with E-state index in [1.807, 2.05) is 0 Å². The molecule has 75 heavy (non-hydrogen) atoms. The maximum atomic E-state index is 13.8. The molecule has 1 heterocycles. The summed E-state index contributed by atoms with van der Waals surface area (Å²) in [5.74, 6) is -12.3. The van der Waals surface area contributed by atoms with Gasteiger partial charge in [0, 0.05) is 42.5 Å². The van der Waals surface area contributed by atoms with Gasteiger partial charge in [-0.2, -0.15) is 50.5 Å². The van der Waals surface area contributed by atoms with Crippen molar-refractivity contribution in [1.29, 1.82) is 0 Å². The summed E-state index contributed by atoms with van der Waals surface area (Å²) < 4.78 is 0. The fourth-order valence-electron chi connectivity index (χ4n) is 6.93. The molecule has 0 saturated carbocycles. The van der Waals surface area contributed by atoms with E-state index in [1.54, 1.807) is 0 Å². The van der Waals surface area contributed by atoms with Gasteiger partial charge in [0.2, 0.25) is 59.1 Å². The van der Waals surface area contributed by atoms with Crippen LogP contribution in [0.15, 0.2) is 4.99 Å². The number of hydrogen-bond acceptors (Lipinski definition) is 19. The van der Waals surface area contributed by atoms with Crippen LogP contribution >= 0.6 is 50.5 Å². The van der Waals surface area contributed by atoms with E-state index in [1.165, 1.54) is 18.7 Å². The van der Waals surface area contributed by atoms with Crippen molar-refractivity contribution in [2.24, 2.45) is 27.9 Å². The van der Waals surface area contributed by atoms with Gasteiger partial charge >= 0.3 is 11.9 Å². The minimum atomic E-state index is -1.53. The van der Waals surface area contributed by atoms with E-state index < -0.39 is 151 Å². The topological polar surface area (TPSA) is 473 Å². The van der Waals surface area contributed by atoms with E-state index >= 15 is 0 Å². The molecule has 0 spiro atoms. The van der Waals surface area contributed by atoms with Crippen molar-refractivity contribution in [3.05, 3.63) is 0 Å². The molecule has 0 unspecified atom stereocenters. The van der Waals surface area contributed by atoms with Crippen molar-refractivity contribution >= 4 is 127 Å². The number of carbonyl (C=O) groups is 12. The lowest BCUT2D eigenvalue weighted by molar-refractivity contribution is -0.142. The van der Waals surface area contributed by atoms with Gasteiger partial charge in [-0.1, -0.05) is 0 Å². The molecule has 1 aliphatic heterocycles. The zero-order valence-corrected chi connectivity index (χ0v) is 45.2. The highest BCUT2D eigenvalue weighted by atomic mass is 32.1. The first-order valence-electron chi connectivity index (χ1n) is 23.7. The summed E-state index contributed by atoms with van der Waals surface area (Å²) >= 11 is 16.6. The number of carbonyl (C=O) groups excluding carboxylic acids is 10. The van der Waals surface area contributed by atoms with Crippen LogP contribution in [0.2, 0.25) is 0 Å². The molecule has 19 N–H and O–H groups in total. The number of likely N-dealkylation sites (tertiary alicyclic amines) is 1. The van der Waals surface area contributed by atoms with Crippen molar-refractivity contribution in [1.82, 2.24) is 52.8 Å². The zero-order chi connectivity index (χ0) is 56.9. The van der Waals surface area contributed by atoms with Crippen LogP contribution in [0.4, 0.5) is 0 Å². The first-order chi connectivity index (χ1) is 35.3. The Morgan fingerprint density at radius 1 is 0.600 bits per heavy atom. The van der Waals surface area contributed by atoms with Gasteiger partial charge in [-0.15, -0.1) is 0 Å². The number of unbranched alkanes of at least 4 members (excludes halogenated alkanes) is 1. The predicted octanol–water partition coefficient (Wildman–Crippen LogP) is -6.81. The van der Waals surface area contributed by atoms with Crippen LogP contribution in [0.3, 0.4) is 0 Å². The SMILES string of the molecule is C[C@H](N)C(=O)N[C@@H](CCCN=C(N)N)C(=O)N[C@@H](CCC(=O)O)C(=O)N[C@@H](C)C(=O)N[C@@H](CS)C(=O)N[C@@H](CS)C(=O)N1CCC[C@H]1C(=O)NCC(=O)N[C@@H](CS)C(=O)N[C@@H](CS)C(=O)N[C@@H](CCCCN)C(=O)O. The summed E-state index contributed by atoms with van der Waals surface area (Å²) in [7, 11) is 0. The molecule has 424 valence electrons. The molecule has 0 aromatic rings. The number of carboxylic acid groups (broad SMARTS) is 2. The Kier molecular flexibility index (Phi) is 31.8. The predicted molar refractivity (Wildman–Crippen MR) is 285 cm³/mol. The Morgan fingerprint density at radius 3 is 1.59 bits per heavy atom. The third-order valence-corrected chi connectivity index (χ3v) is 12.6. The van der Waals surface area contributed by atoms with E-state index in [0.717, 1.165) is 0 Å². The first-order valence-corrected chi connectivity index (χ1v) is 26.3. The van der Waals surface area contributed by atoms with Gasteiger partial charge in [0.25, 0.3) is 0 Å². The van der Waals surface area contributed by atoms with Gasteiger partial charge in [-0.3, -0.25) is 57.7 Å². The minimum absolute atomic E-state index is 0.0143. The van der Waals surface area contributed by atoms with Crippen molar-refractivity contribution in [2.45, 2.75) is 132 Å². The third-order valence-electron chi connectivity index (χ3n) is 11.1. The summed E-state index contributed by atoms with van der Waals surface area (Å²) in [6, 6.07) is -12.9. The second kappa shape index (κ2) is 35.5. The Labute approximate surface area is 455 Å². The normalized spacial score (nSPS) is 16.5. The largest absolute Gasteiger partial charge is 0.481 e. The lowest BCUT2D eigenvalue weighted by Gasteiger charge is -2.29. The molecule has 10 amide bonds. The fourth-order valence-corrected chi connectivity index (χ4v) is 7.95. The van der Waals surface area contributed by atoms with Gasteiger partial charge < -0.3 is 85.9 Å². The van der Waals surface area contributed by atoms with Crippen molar-refractivity contribution < 1.29 is 67.7 Å². The quantitative estimate of drug-likeness (QED) is 0.0121. The van der Waals surface area contributed by atoms with Crippen molar-refractivity contribution in [3.8, 4) is 0 Å². The van der Waals surface area contributed by atoms with Crippen molar-refractivity contribution in [3.63, 3.8) is 0 Å². The molecule has 10 atom stereocenters. The van der Waals surface area contributed by atoms with Crippen LogP contribution in [-0.2, 0) is 57.5 Å². The number of hydrogen-bond donors (Lipinski definition) is 19. The lowest BCUT2D eigenvalue weighted by Crippen LogP contribution is -2.60. The molecular weight excluding hydrogens is 1070 g/mol. The number of thiol groups is 4. The molecule has 0 aliphatic carbocycles. The zero-order valence-electron chi connectivity index (χ0n) is 41.6. The molecule has 0 aromatic carbocycles. The molecule has 1 saturated heterocycles. The number of nitrogens with one attached hydrogen (secondary N) is 9. The molecule has 1 rings (SSSR count). The van der Waals surface area contributed by atoms with Crippen LogP contribution in [-0.4, -0.2) is 202 Å². The number of nitrogens with zero attached hydrogens (tertiary/aromatic N) is 2. The molecular formula is C42H73N15O14S4. The number of nitrogens with two attached hydrogens (primary N) is 4. The summed E-state index contributed by atoms with van der Waals surface area (Å²) in [4.78, 5) is 160. The van der Waals surface area contributed by atoms with E-state index in [0.29, 0.717) is 25.8 Å². The van der Waals surface area contributed by atoms with Gasteiger partial charge in [-0.05, 0) is 71.8 Å². The van der Waals surface area contributed by atoms with Gasteiger partial charge in [0.15, 0.2) is 5.96 Å². The highest BCUT2D eigenvalue weighted by Gasteiger charge is 2.39. The average Bonchev–Trinajstić information content (AvgIpc) is 3.86. The highest BCUT2D eigenvalue weighted by molar-refractivity contribution is 7.80. The lowest BCUT2D eigenvalue weighted by atomic mass is 10.1. The molecule has 29 nitrogen and oxygen atoms in total. The van der Waals surface area contributed by atoms with Crippen LogP contribution < -0.4 is 70.8 Å². The van der Waals surface area contributed by atoms with Crippen LogP contribution in [0.5, 0.6) is 0 Å². The van der Waals surface area contributed by atoms with Gasteiger partial charge in [0.05, 0.1) is 12.6 Å². The second-order valence-electron chi connectivity index (χ2n) is 17.1. The summed E-state index contributed by atoms with van der Waals surface area (Å²) in [6.07, 6.45) is 0.749. The van der Waals surface area contributed by atoms with Crippen LogP contribution in [0.1, 0.15) is 71.6 Å². The standard InChI is InChI=1S/C42H73N15O14S4/c1-20(44)32(61)51-22(8-5-13-47-42(45)46)35(64)52-23(10-11-31(59)60)34(63)49-21(2)33(62)54-26(17-73)38(67)56-28(19-75)40(69)57-14-6-9-29(57)39(68)48-15-30(58)50-25(16-72)36(65)55-27(18-74)37(66)53-24(41(70)71)7-3-4-12-43/h20-29,72-75H,3-19,43-44H2,1-2H3,(H,48,68)(H,49,63)(H,50,58)(H,51,61)(H,52,64)(H,53,66)(H,54,62)(H,55,65)(H,56,67)(H,59,60)(H,70,71)(H4,45,46,47)/t20-,21-,22-,23-,24-,25-,26-,27-,28-,29-/m0/s1. The number of aliphatic imine (C=N–C) groups is 1. The number of guanidine groups is 1. The molecule has 1 aliphatic rings. The molecule has 1 fully saturated rings. The van der Waals surface area contributed by atoms with E-state index in [-0.39, 0.29) is 67.7 Å². The molecule has 33 heteroatoms. The van der Waals surface area contributed by atoms with Gasteiger partial charge in [-0.25, -0.2) is 4.79 Å². The number of carboxylic acids is 2. The fraction of sp³-hybridized carbons (Fsp3) is 0.690. The maximum Gasteiger partial charge on any atom is 0.326 e. The Balaban J connectivity index is 2.96. The molecule has 0 radical (unpaired) electrons. The highest BCUT2D eigenvalue weighted by Crippen LogP contribution is 2.19. The monoisotopic (exact) mass is 1140 g/mol. The molecule has 0 aromatic heterocycles. The number of amides is 10. The second-order valence-corrected chi connectivity index (χ2v) is 18.6. The summed E-state index contributed by atoms with van der Waals surface area (Å²) in [6.45, 7) is 2.45. The maximum absolute atomic E-state index is 13.8. The number of aliphatic carboxylic acids is 2. The van der Waals surface area contributed by atoms with E-state index in [2.05, 4.69) is 103 Å². The van der Waals surface area contributed by atoms with Crippen LogP contribution in [0, 0.1) is 0 Å². The van der Waals surface area contributed by atoms with E-state index in [9.17, 15) is 67.7 Å². The molecule has 0 bridgehead atoms. The minimum Gasteiger partial charge on any atom is -0.481 e. The number of rotatable bonds is 35. The van der Waals surface area contributed by atoms with Gasteiger partial charge in [0.1, 0.15) is 54.4 Å². The Morgan fingerprint density at radius 2 is 1.07 bits per heavy atom. The van der Waals surface area contributed by atoms with E-state index in [4.69, 9.17) is 22.9 Å². The Bertz CT molecular complexity index is 2040. The van der Waals surface area contributed by atoms with Crippen LogP contribution in [0.25, 0.3) is 0 Å². The third kappa shape index (κ3) is 24.6. The average molecular weight is 1140 g/mol. The first kappa shape index (κ1) is 67.2. The van der Waals surface area contributed by atoms with Crippen molar-refractivity contribution in [2.75, 3.05) is 49.2 Å².